The zero-order chi connectivity index (χ0) is 11.4. The SMILES string of the molecule is Cc1cc(Br)cnc1NCC1COCCO1. The molecule has 88 valence electrons. The van der Waals surface area contributed by atoms with Crippen LogP contribution in [0.25, 0.3) is 0 Å². The van der Waals surface area contributed by atoms with E-state index in [-0.39, 0.29) is 6.10 Å². The van der Waals surface area contributed by atoms with Gasteiger partial charge in [-0.1, -0.05) is 0 Å². The summed E-state index contributed by atoms with van der Waals surface area (Å²) < 4.78 is 11.9. The smallest absolute Gasteiger partial charge is 0.129 e. The summed E-state index contributed by atoms with van der Waals surface area (Å²) in [6.45, 7) is 4.79. The Kier molecular flexibility index (Phi) is 4.15. The maximum Gasteiger partial charge on any atom is 0.129 e. The molecule has 0 spiro atoms. The van der Waals surface area contributed by atoms with Crippen molar-refractivity contribution in [2.45, 2.75) is 13.0 Å². The molecule has 0 aliphatic carbocycles. The summed E-state index contributed by atoms with van der Waals surface area (Å²) in [5, 5.41) is 3.27. The van der Waals surface area contributed by atoms with Crippen LogP contribution < -0.4 is 5.32 Å². The average Bonchev–Trinajstić information content (AvgIpc) is 2.29. The van der Waals surface area contributed by atoms with E-state index in [2.05, 4.69) is 26.2 Å². The number of nitrogens with zero attached hydrogens (tertiary/aromatic N) is 1. The highest BCUT2D eigenvalue weighted by atomic mass is 79.9. The Morgan fingerprint density at radius 1 is 1.56 bits per heavy atom. The predicted octanol–water partition coefficient (Wildman–Crippen LogP) is 1.98. The number of nitrogens with one attached hydrogen (secondary N) is 1. The molecule has 1 aromatic heterocycles. The van der Waals surface area contributed by atoms with Crippen molar-refractivity contribution in [2.24, 2.45) is 0 Å². The van der Waals surface area contributed by atoms with Crippen LogP contribution in [0.2, 0.25) is 0 Å². The highest BCUT2D eigenvalue weighted by Crippen LogP contribution is 2.16. The summed E-state index contributed by atoms with van der Waals surface area (Å²) in [5.74, 6) is 0.900. The molecule has 1 fully saturated rings. The Balaban J connectivity index is 1.88. The molecule has 0 saturated carbocycles. The molecule has 2 rings (SSSR count). The molecule has 4 nitrogen and oxygen atoms in total. The molecule has 1 aromatic rings. The molecule has 0 aromatic carbocycles. The zero-order valence-corrected chi connectivity index (χ0v) is 10.8. The highest BCUT2D eigenvalue weighted by molar-refractivity contribution is 9.10. The Bertz CT molecular complexity index is 354. The van der Waals surface area contributed by atoms with Crippen molar-refractivity contribution in [1.82, 2.24) is 4.98 Å². The molecule has 16 heavy (non-hydrogen) atoms. The van der Waals surface area contributed by atoms with Crippen molar-refractivity contribution in [3.05, 3.63) is 22.3 Å². The summed E-state index contributed by atoms with van der Waals surface area (Å²) in [7, 11) is 0. The van der Waals surface area contributed by atoms with Gasteiger partial charge in [0.25, 0.3) is 0 Å². The van der Waals surface area contributed by atoms with Crippen LogP contribution in [0.15, 0.2) is 16.7 Å². The van der Waals surface area contributed by atoms with Crippen LogP contribution >= 0.6 is 15.9 Å². The largest absolute Gasteiger partial charge is 0.376 e. The van der Waals surface area contributed by atoms with E-state index in [1.165, 1.54) is 0 Å². The number of aryl methyl sites for hydroxylation is 1. The van der Waals surface area contributed by atoms with Gasteiger partial charge in [-0.05, 0) is 34.5 Å². The Hall–Kier alpha value is -0.650. The van der Waals surface area contributed by atoms with Gasteiger partial charge >= 0.3 is 0 Å². The van der Waals surface area contributed by atoms with E-state index in [0.29, 0.717) is 19.8 Å². The molecular weight excluding hydrogens is 272 g/mol. The average molecular weight is 287 g/mol. The van der Waals surface area contributed by atoms with Gasteiger partial charge in [-0.3, -0.25) is 0 Å². The summed E-state index contributed by atoms with van der Waals surface area (Å²) in [5.41, 5.74) is 1.12. The lowest BCUT2D eigenvalue weighted by Gasteiger charge is -2.23. The minimum atomic E-state index is 0.124. The lowest BCUT2D eigenvalue weighted by Crippen LogP contribution is -2.34. The number of aromatic nitrogens is 1. The molecule has 1 aliphatic heterocycles. The number of hydrogen-bond acceptors (Lipinski definition) is 4. The fourth-order valence-corrected chi connectivity index (χ4v) is 2.04. The molecule has 5 heteroatoms. The van der Waals surface area contributed by atoms with Gasteiger partial charge in [0.15, 0.2) is 0 Å². The van der Waals surface area contributed by atoms with Gasteiger partial charge in [0.2, 0.25) is 0 Å². The zero-order valence-electron chi connectivity index (χ0n) is 9.20. The monoisotopic (exact) mass is 286 g/mol. The molecule has 1 atom stereocenters. The maximum atomic E-state index is 5.54. The fourth-order valence-electron chi connectivity index (χ4n) is 1.59. The summed E-state index contributed by atoms with van der Waals surface area (Å²) >= 11 is 3.39. The molecular formula is C11H15BrN2O2. The highest BCUT2D eigenvalue weighted by Gasteiger charge is 2.14. The van der Waals surface area contributed by atoms with Gasteiger partial charge in [0.05, 0.1) is 25.9 Å². The Morgan fingerprint density at radius 3 is 3.12 bits per heavy atom. The van der Waals surface area contributed by atoms with Crippen LogP contribution in [-0.4, -0.2) is 37.5 Å². The first-order chi connectivity index (χ1) is 7.75. The molecule has 0 radical (unpaired) electrons. The van der Waals surface area contributed by atoms with Gasteiger partial charge in [-0.25, -0.2) is 4.98 Å². The van der Waals surface area contributed by atoms with Crippen molar-refractivity contribution in [3.63, 3.8) is 0 Å². The van der Waals surface area contributed by atoms with Gasteiger partial charge in [0, 0.05) is 17.2 Å². The minimum absolute atomic E-state index is 0.124. The summed E-state index contributed by atoms with van der Waals surface area (Å²) in [4.78, 5) is 4.31. The number of halogens is 1. The van der Waals surface area contributed by atoms with Crippen molar-refractivity contribution in [3.8, 4) is 0 Å². The lowest BCUT2D eigenvalue weighted by atomic mass is 10.3. The summed E-state index contributed by atoms with van der Waals surface area (Å²) in [6.07, 6.45) is 1.91. The van der Waals surface area contributed by atoms with E-state index < -0.39 is 0 Å². The second-order valence-electron chi connectivity index (χ2n) is 3.77. The first-order valence-corrected chi connectivity index (χ1v) is 6.10. The first-order valence-electron chi connectivity index (χ1n) is 5.31. The minimum Gasteiger partial charge on any atom is -0.376 e. The molecule has 0 bridgehead atoms. The van der Waals surface area contributed by atoms with Crippen molar-refractivity contribution in [1.29, 1.82) is 0 Å². The van der Waals surface area contributed by atoms with Gasteiger partial charge < -0.3 is 14.8 Å². The predicted molar refractivity (Wildman–Crippen MR) is 65.7 cm³/mol. The van der Waals surface area contributed by atoms with Crippen LogP contribution in [0.1, 0.15) is 5.56 Å². The molecule has 1 unspecified atom stereocenters. The number of pyridine rings is 1. The molecule has 1 saturated heterocycles. The lowest BCUT2D eigenvalue weighted by molar-refractivity contribution is -0.0819. The van der Waals surface area contributed by atoms with Gasteiger partial charge in [0.1, 0.15) is 5.82 Å². The normalized spacial score (nSPS) is 20.8. The first kappa shape index (κ1) is 11.8. The van der Waals surface area contributed by atoms with Crippen molar-refractivity contribution < 1.29 is 9.47 Å². The van der Waals surface area contributed by atoms with Crippen LogP contribution in [0, 0.1) is 6.92 Å². The van der Waals surface area contributed by atoms with Crippen LogP contribution in [-0.2, 0) is 9.47 Å². The van der Waals surface area contributed by atoms with E-state index in [1.54, 1.807) is 6.20 Å². The third-order valence-electron chi connectivity index (χ3n) is 2.43. The van der Waals surface area contributed by atoms with Crippen molar-refractivity contribution in [2.75, 3.05) is 31.7 Å². The number of ether oxygens (including phenoxy) is 2. The van der Waals surface area contributed by atoms with Crippen LogP contribution in [0.5, 0.6) is 0 Å². The molecule has 2 heterocycles. The fraction of sp³-hybridized carbons (Fsp3) is 0.545. The number of anilines is 1. The van der Waals surface area contributed by atoms with E-state index in [9.17, 15) is 0 Å². The molecule has 1 N–H and O–H groups in total. The number of rotatable bonds is 3. The second-order valence-corrected chi connectivity index (χ2v) is 4.68. The molecule has 1 aliphatic rings. The second kappa shape index (κ2) is 5.61. The third kappa shape index (κ3) is 3.17. The van der Waals surface area contributed by atoms with E-state index in [1.807, 2.05) is 13.0 Å². The quantitative estimate of drug-likeness (QED) is 0.923. The van der Waals surface area contributed by atoms with E-state index in [4.69, 9.17) is 9.47 Å². The van der Waals surface area contributed by atoms with Gasteiger partial charge in [-0.15, -0.1) is 0 Å². The third-order valence-corrected chi connectivity index (χ3v) is 2.86. The molecule has 0 amide bonds. The topological polar surface area (TPSA) is 43.4 Å². The van der Waals surface area contributed by atoms with Gasteiger partial charge in [-0.2, -0.15) is 0 Å². The van der Waals surface area contributed by atoms with Crippen LogP contribution in [0.3, 0.4) is 0 Å². The Labute approximate surface area is 103 Å². The van der Waals surface area contributed by atoms with E-state index in [0.717, 1.165) is 22.4 Å². The van der Waals surface area contributed by atoms with Crippen LogP contribution in [0.4, 0.5) is 5.82 Å². The number of hydrogen-bond donors (Lipinski definition) is 1. The standard InChI is InChI=1S/C11H15BrN2O2/c1-8-4-9(12)5-13-11(8)14-6-10-7-15-2-3-16-10/h4-5,10H,2-3,6-7H2,1H3,(H,13,14). The van der Waals surface area contributed by atoms with Crippen molar-refractivity contribution >= 4 is 21.7 Å². The maximum absolute atomic E-state index is 5.54. The van der Waals surface area contributed by atoms with E-state index >= 15 is 0 Å². The Morgan fingerprint density at radius 2 is 2.44 bits per heavy atom. The summed E-state index contributed by atoms with van der Waals surface area (Å²) in [6, 6.07) is 2.04.